The molecule has 4 nitrogen and oxygen atoms in total. The van der Waals surface area contributed by atoms with Crippen molar-refractivity contribution in [2.45, 2.75) is 18.9 Å². The number of hydrogen-bond donors (Lipinski definition) is 0. The number of ether oxygens (including phenoxy) is 1. The Kier molecular flexibility index (Phi) is 4.51. The van der Waals surface area contributed by atoms with Gasteiger partial charge in [-0.3, -0.25) is 9.69 Å². The summed E-state index contributed by atoms with van der Waals surface area (Å²) in [6.45, 7) is 4.79. The first kappa shape index (κ1) is 14.5. The highest BCUT2D eigenvalue weighted by atomic mass is 19.1. The smallest absolute Gasteiger partial charge is 0.256 e. The second-order valence-electron chi connectivity index (χ2n) is 5.71. The lowest BCUT2D eigenvalue weighted by Gasteiger charge is -2.35. The molecular weight excluding hydrogens is 271 g/mol. The molecule has 0 radical (unpaired) electrons. The molecule has 0 bridgehead atoms. The number of rotatable bonds is 3. The number of benzene rings is 1. The maximum atomic E-state index is 13.7. The third-order valence-electron chi connectivity index (χ3n) is 4.25. The third-order valence-corrected chi connectivity index (χ3v) is 4.25. The van der Waals surface area contributed by atoms with Crippen LogP contribution in [0.5, 0.6) is 0 Å². The van der Waals surface area contributed by atoms with Gasteiger partial charge in [-0.05, 0) is 25.0 Å². The predicted octanol–water partition coefficient (Wildman–Crippen LogP) is 1.76. The number of halogens is 1. The molecule has 2 aliphatic heterocycles. The maximum Gasteiger partial charge on any atom is 0.256 e. The van der Waals surface area contributed by atoms with Gasteiger partial charge in [-0.2, -0.15) is 0 Å². The number of amides is 1. The van der Waals surface area contributed by atoms with Crippen LogP contribution in [0, 0.1) is 5.82 Å². The maximum absolute atomic E-state index is 13.7. The lowest BCUT2D eigenvalue weighted by molar-refractivity contribution is 0.0430. The predicted molar refractivity (Wildman–Crippen MR) is 77.7 cm³/mol. The van der Waals surface area contributed by atoms with E-state index in [0.717, 1.165) is 39.1 Å². The van der Waals surface area contributed by atoms with E-state index in [1.165, 1.54) is 6.07 Å². The van der Waals surface area contributed by atoms with Gasteiger partial charge in [0, 0.05) is 39.3 Å². The van der Waals surface area contributed by atoms with E-state index in [2.05, 4.69) is 4.90 Å². The summed E-state index contributed by atoms with van der Waals surface area (Å²) in [5.74, 6) is -0.644. The molecule has 5 heteroatoms. The Morgan fingerprint density at radius 2 is 2.00 bits per heavy atom. The fourth-order valence-corrected chi connectivity index (χ4v) is 3.01. The molecule has 2 fully saturated rings. The molecule has 1 aromatic rings. The SMILES string of the molecule is O=C(c1ccccc1F)N1CCN(CC2CCCO2)CC1. The van der Waals surface area contributed by atoms with Gasteiger partial charge in [-0.1, -0.05) is 12.1 Å². The van der Waals surface area contributed by atoms with Gasteiger partial charge in [0.15, 0.2) is 0 Å². The van der Waals surface area contributed by atoms with Gasteiger partial charge in [0.2, 0.25) is 0 Å². The minimum Gasteiger partial charge on any atom is -0.377 e. The molecular formula is C16H21FN2O2. The van der Waals surface area contributed by atoms with Crippen LogP contribution in [-0.4, -0.2) is 61.1 Å². The quantitative estimate of drug-likeness (QED) is 0.851. The fraction of sp³-hybridized carbons (Fsp3) is 0.562. The molecule has 0 saturated carbocycles. The van der Waals surface area contributed by atoms with E-state index in [9.17, 15) is 9.18 Å². The average molecular weight is 292 g/mol. The van der Waals surface area contributed by atoms with Crippen LogP contribution in [0.1, 0.15) is 23.2 Å². The summed E-state index contributed by atoms with van der Waals surface area (Å²) in [7, 11) is 0. The number of hydrogen-bond acceptors (Lipinski definition) is 3. The zero-order valence-electron chi connectivity index (χ0n) is 12.1. The summed E-state index contributed by atoms with van der Waals surface area (Å²) in [6.07, 6.45) is 2.63. The lowest BCUT2D eigenvalue weighted by atomic mass is 10.1. The van der Waals surface area contributed by atoms with Crippen LogP contribution < -0.4 is 0 Å². The number of carbonyl (C=O) groups is 1. The van der Waals surface area contributed by atoms with Crippen LogP contribution in [0.3, 0.4) is 0 Å². The van der Waals surface area contributed by atoms with E-state index in [0.29, 0.717) is 19.2 Å². The first-order valence-electron chi connectivity index (χ1n) is 7.62. The Labute approximate surface area is 124 Å². The van der Waals surface area contributed by atoms with Crippen molar-refractivity contribution in [1.82, 2.24) is 9.80 Å². The second kappa shape index (κ2) is 6.54. The van der Waals surface area contributed by atoms with E-state index in [4.69, 9.17) is 4.74 Å². The Hall–Kier alpha value is -1.46. The Balaban J connectivity index is 1.53. The van der Waals surface area contributed by atoms with Crippen LogP contribution in [0.25, 0.3) is 0 Å². The molecule has 0 aliphatic carbocycles. The molecule has 3 rings (SSSR count). The Bertz CT molecular complexity index is 495. The van der Waals surface area contributed by atoms with E-state index in [-0.39, 0.29) is 11.5 Å². The normalized spacial score (nSPS) is 23.5. The molecule has 114 valence electrons. The van der Waals surface area contributed by atoms with Crippen molar-refractivity contribution >= 4 is 5.91 Å². The molecule has 1 aromatic carbocycles. The summed E-state index contributed by atoms with van der Waals surface area (Å²) in [5, 5.41) is 0. The molecule has 1 unspecified atom stereocenters. The van der Waals surface area contributed by atoms with Gasteiger partial charge < -0.3 is 9.64 Å². The zero-order valence-corrected chi connectivity index (χ0v) is 12.1. The van der Waals surface area contributed by atoms with Gasteiger partial charge in [-0.15, -0.1) is 0 Å². The molecule has 0 N–H and O–H groups in total. The van der Waals surface area contributed by atoms with Gasteiger partial charge >= 0.3 is 0 Å². The highest BCUT2D eigenvalue weighted by Crippen LogP contribution is 2.16. The highest BCUT2D eigenvalue weighted by molar-refractivity contribution is 5.94. The van der Waals surface area contributed by atoms with Crippen molar-refractivity contribution in [3.8, 4) is 0 Å². The van der Waals surface area contributed by atoms with Gasteiger partial charge in [-0.25, -0.2) is 4.39 Å². The molecule has 2 saturated heterocycles. The largest absolute Gasteiger partial charge is 0.377 e. The molecule has 2 aliphatic rings. The summed E-state index contributed by atoms with van der Waals surface area (Å²) in [5.41, 5.74) is 0.171. The van der Waals surface area contributed by atoms with Crippen molar-refractivity contribution in [2.75, 3.05) is 39.3 Å². The minimum atomic E-state index is -0.440. The Morgan fingerprint density at radius 1 is 1.24 bits per heavy atom. The van der Waals surface area contributed by atoms with E-state index >= 15 is 0 Å². The summed E-state index contributed by atoms with van der Waals surface area (Å²) < 4.78 is 19.3. The molecule has 21 heavy (non-hydrogen) atoms. The fourth-order valence-electron chi connectivity index (χ4n) is 3.01. The van der Waals surface area contributed by atoms with E-state index in [1.807, 2.05) is 0 Å². The van der Waals surface area contributed by atoms with Crippen LogP contribution in [0.4, 0.5) is 4.39 Å². The zero-order chi connectivity index (χ0) is 14.7. The lowest BCUT2D eigenvalue weighted by Crippen LogP contribution is -2.50. The standard InChI is InChI=1S/C16H21FN2O2/c17-15-6-2-1-5-14(15)16(20)19-9-7-18(8-10-19)12-13-4-3-11-21-13/h1-2,5-6,13H,3-4,7-12H2. The van der Waals surface area contributed by atoms with Crippen LogP contribution in [-0.2, 0) is 4.74 Å². The number of piperazine rings is 1. The van der Waals surface area contributed by atoms with Gasteiger partial charge in [0.1, 0.15) is 5.82 Å². The molecule has 0 aromatic heterocycles. The summed E-state index contributed by atoms with van der Waals surface area (Å²) >= 11 is 0. The van der Waals surface area contributed by atoms with Crippen molar-refractivity contribution < 1.29 is 13.9 Å². The molecule has 0 spiro atoms. The topological polar surface area (TPSA) is 32.8 Å². The first-order chi connectivity index (χ1) is 10.2. The number of nitrogens with zero attached hydrogens (tertiary/aromatic N) is 2. The van der Waals surface area contributed by atoms with Crippen LogP contribution in [0.15, 0.2) is 24.3 Å². The Morgan fingerprint density at radius 3 is 2.67 bits per heavy atom. The molecule has 2 heterocycles. The van der Waals surface area contributed by atoms with Crippen molar-refractivity contribution in [3.05, 3.63) is 35.6 Å². The van der Waals surface area contributed by atoms with Crippen molar-refractivity contribution in [1.29, 1.82) is 0 Å². The van der Waals surface area contributed by atoms with Crippen LogP contribution in [0.2, 0.25) is 0 Å². The average Bonchev–Trinajstić information content (AvgIpc) is 3.01. The van der Waals surface area contributed by atoms with Gasteiger partial charge in [0.05, 0.1) is 11.7 Å². The van der Waals surface area contributed by atoms with Gasteiger partial charge in [0.25, 0.3) is 5.91 Å². The number of carbonyl (C=O) groups excluding carboxylic acids is 1. The first-order valence-corrected chi connectivity index (χ1v) is 7.62. The van der Waals surface area contributed by atoms with Crippen LogP contribution >= 0.6 is 0 Å². The van der Waals surface area contributed by atoms with Crippen molar-refractivity contribution in [3.63, 3.8) is 0 Å². The second-order valence-corrected chi connectivity index (χ2v) is 5.71. The molecule has 1 atom stereocenters. The minimum absolute atomic E-state index is 0.171. The summed E-state index contributed by atoms with van der Waals surface area (Å²) in [6, 6.07) is 6.19. The van der Waals surface area contributed by atoms with E-state index in [1.54, 1.807) is 23.1 Å². The molecule has 1 amide bonds. The van der Waals surface area contributed by atoms with E-state index < -0.39 is 5.82 Å². The third kappa shape index (κ3) is 3.41. The monoisotopic (exact) mass is 292 g/mol. The van der Waals surface area contributed by atoms with Crippen molar-refractivity contribution in [2.24, 2.45) is 0 Å². The summed E-state index contributed by atoms with van der Waals surface area (Å²) in [4.78, 5) is 16.4. The highest BCUT2D eigenvalue weighted by Gasteiger charge is 2.26.